The minimum Gasteiger partial charge on any atom is -0.394 e. The van der Waals surface area contributed by atoms with Crippen LogP contribution in [0, 0.1) is 6.92 Å². The summed E-state index contributed by atoms with van der Waals surface area (Å²) in [6.07, 6.45) is 4.26. The van der Waals surface area contributed by atoms with Gasteiger partial charge in [-0.3, -0.25) is 0 Å². The molecule has 1 atom stereocenters. The van der Waals surface area contributed by atoms with Gasteiger partial charge in [0.2, 0.25) is 0 Å². The van der Waals surface area contributed by atoms with E-state index in [1.54, 1.807) is 0 Å². The van der Waals surface area contributed by atoms with Crippen molar-refractivity contribution in [2.45, 2.75) is 64.8 Å². The summed E-state index contributed by atoms with van der Waals surface area (Å²) in [6.45, 7) is 9.26. The lowest BCUT2D eigenvalue weighted by atomic mass is 10.00. The predicted molar refractivity (Wildman–Crippen MR) is 86.9 cm³/mol. The van der Waals surface area contributed by atoms with Gasteiger partial charge in [0, 0.05) is 18.0 Å². The van der Waals surface area contributed by atoms with Crippen molar-refractivity contribution in [2.75, 3.05) is 23.8 Å². The number of hydrogen-bond acceptors (Lipinski definition) is 5. The second-order valence-electron chi connectivity index (χ2n) is 6.30. The quantitative estimate of drug-likeness (QED) is 0.687. The van der Waals surface area contributed by atoms with Gasteiger partial charge >= 0.3 is 0 Å². The SMILES string of the molecule is CCCNc1nc(C2CC2)nc(NC(C)(CC)CO)c1C. The Hall–Kier alpha value is -1.36. The van der Waals surface area contributed by atoms with Crippen LogP contribution in [0.2, 0.25) is 0 Å². The van der Waals surface area contributed by atoms with Gasteiger partial charge in [-0.15, -0.1) is 0 Å². The van der Waals surface area contributed by atoms with Gasteiger partial charge < -0.3 is 15.7 Å². The van der Waals surface area contributed by atoms with E-state index in [-0.39, 0.29) is 12.1 Å². The minimum absolute atomic E-state index is 0.0867. The second kappa shape index (κ2) is 6.60. The first-order valence-electron chi connectivity index (χ1n) is 8.04. The first-order chi connectivity index (χ1) is 10.0. The van der Waals surface area contributed by atoms with Crippen LogP contribution >= 0.6 is 0 Å². The Morgan fingerprint density at radius 3 is 2.43 bits per heavy atom. The van der Waals surface area contributed by atoms with Crippen LogP contribution in [-0.2, 0) is 0 Å². The molecule has 0 aliphatic heterocycles. The lowest BCUT2D eigenvalue weighted by molar-refractivity contribution is 0.218. The highest BCUT2D eigenvalue weighted by Gasteiger charge is 2.29. The van der Waals surface area contributed by atoms with Crippen LogP contribution in [0.1, 0.15) is 63.8 Å². The van der Waals surface area contributed by atoms with Gasteiger partial charge in [0.25, 0.3) is 0 Å². The first-order valence-corrected chi connectivity index (χ1v) is 8.04. The van der Waals surface area contributed by atoms with Gasteiger partial charge in [-0.1, -0.05) is 13.8 Å². The summed E-state index contributed by atoms with van der Waals surface area (Å²) < 4.78 is 0. The van der Waals surface area contributed by atoms with Crippen LogP contribution in [0.4, 0.5) is 11.6 Å². The van der Waals surface area contributed by atoms with Gasteiger partial charge in [0.05, 0.1) is 12.1 Å². The summed E-state index contributed by atoms with van der Waals surface area (Å²) in [4.78, 5) is 9.40. The highest BCUT2D eigenvalue weighted by Crippen LogP contribution is 2.39. The third kappa shape index (κ3) is 3.84. The number of rotatable bonds is 8. The van der Waals surface area contributed by atoms with Crippen molar-refractivity contribution in [3.05, 3.63) is 11.4 Å². The number of aliphatic hydroxyl groups excluding tert-OH is 1. The lowest BCUT2D eigenvalue weighted by Crippen LogP contribution is -2.38. The van der Waals surface area contributed by atoms with Crippen molar-refractivity contribution in [3.63, 3.8) is 0 Å². The van der Waals surface area contributed by atoms with E-state index in [1.807, 2.05) is 13.8 Å². The molecule has 0 bridgehead atoms. The molecule has 2 rings (SSSR count). The summed E-state index contributed by atoms with van der Waals surface area (Å²) >= 11 is 0. The summed E-state index contributed by atoms with van der Waals surface area (Å²) in [7, 11) is 0. The van der Waals surface area contributed by atoms with Crippen molar-refractivity contribution < 1.29 is 5.11 Å². The molecule has 0 amide bonds. The average Bonchev–Trinajstić information content (AvgIpc) is 3.32. The van der Waals surface area contributed by atoms with Crippen LogP contribution in [0.3, 0.4) is 0 Å². The fourth-order valence-corrected chi connectivity index (χ4v) is 2.12. The number of aliphatic hydroxyl groups is 1. The monoisotopic (exact) mass is 292 g/mol. The van der Waals surface area contributed by atoms with Crippen LogP contribution in [0.25, 0.3) is 0 Å². The van der Waals surface area contributed by atoms with Gasteiger partial charge in [0.15, 0.2) is 0 Å². The molecule has 5 heteroatoms. The number of anilines is 2. The maximum absolute atomic E-state index is 9.62. The van der Waals surface area contributed by atoms with Gasteiger partial charge in [-0.25, -0.2) is 9.97 Å². The van der Waals surface area contributed by atoms with Crippen molar-refractivity contribution in [1.82, 2.24) is 9.97 Å². The zero-order valence-electron chi connectivity index (χ0n) is 13.7. The molecule has 1 aromatic heterocycles. The maximum Gasteiger partial charge on any atom is 0.136 e. The highest BCUT2D eigenvalue weighted by atomic mass is 16.3. The topological polar surface area (TPSA) is 70.1 Å². The lowest BCUT2D eigenvalue weighted by Gasteiger charge is -2.29. The molecule has 0 radical (unpaired) electrons. The summed E-state index contributed by atoms with van der Waals surface area (Å²) in [5, 5.41) is 16.4. The van der Waals surface area contributed by atoms with Crippen molar-refractivity contribution in [3.8, 4) is 0 Å². The Balaban J connectivity index is 2.31. The molecule has 21 heavy (non-hydrogen) atoms. The first kappa shape index (κ1) is 16.0. The molecule has 1 aromatic rings. The third-order valence-electron chi connectivity index (χ3n) is 4.20. The zero-order chi connectivity index (χ0) is 15.5. The molecular weight excluding hydrogens is 264 g/mol. The molecule has 1 heterocycles. The van der Waals surface area contributed by atoms with E-state index in [4.69, 9.17) is 4.98 Å². The third-order valence-corrected chi connectivity index (χ3v) is 4.20. The molecule has 1 fully saturated rings. The Morgan fingerprint density at radius 2 is 1.90 bits per heavy atom. The van der Waals surface area contributed by atoms with E-state index in [1.165, 1.54) is 12.8 Å². The number of aromatic nitrogens is 2. The van der Waals surface area contributed by atoms with E-state index in [9.17, 15) is 5.11 Å². The second-order valence-corrected chi connectivity index (χ2v) is 6.30. The van der Waals surface area contributed by atoms with Gasteiger partial charge in [-0.2, -0.15) is 0 Å². The maximum atomic E-state index is 9.62. The molecule has 0 saturated heterocycles. The summed E-state index contributed by atoms with van der Waals surface area (Å²) in [6, 6.07) is 0. The molecule has 1 saturated carbocycles. The molecule has 1 unspecified atom stereocenters. The van der Waals surface area contributed by atoms with E-state index in [2.05, 4.69) is 29.5 Å². The molecule has 3 N–H and O–H groups in total. The predicted octanol–water partition coefficient (Wildman–Crippen LogP) is 3.06. The summed E-state index contributed by atoms with van der Waals surface area (Å²) in [5.74, 6) is 3.21. The van der Waals surface area contributed by atoms with Crippen LogP contribution in [0.5, 0.6) is 0 Å². The standard InChI is InChI=1S/C16H28N4O/c1-5-9-17-13-11(3)14(20-16(4,6-2)10-21)19-15(18-13)12-7-8-12/h12,21H,5-10H2,1-4H3,(H2,17,18,19,20). The van der Waals surface area contributed by atoms with Gasteiger partial charge in [0.1, 0.15) is 17.5 Å². The molecule has 1 aliphatic rings. The highest BCUT2D eigenvalue weighted by molar-refractivity contribution is 5.58. The molecule has 0 spiro atoms. The molecule has 5 nitrogen and oxygen atoms in total. The van der Waals surface area contributed by atoms with E-state index < -0.39 is 0 Å². The average molecular weight is 292 g/mol. The Bertz CT molecular complexity index is 481. The van der Waals surface area contributed by atoms with Crippen LogP contribution in [0.15, 0.2) is 0 Å². The number of nitrogens with zero attached hydrogens (tertiary/aromatic N) is 2. The zero-order valence-corrected chi connectivity index (χ0v) is 13.7. The van der Waals surface area contributed by atoms with E-state index in [0.29, 0.717) is 5.92 Å². The Kier molecular flexibility index (Phi) is 5.04. The van der Waals surface area contributed by atoms with Gasteiger partial charge in [-0.05, 0) is 39.5 Å². The molecule has 118 valence electrons. The van der Waals surface area contributed by atoms with Crippen molar-refractivity contribution in [2.24, 2.45) is 0 Å². The van der Waals surface area contributed by atoms with E-state index in [0.717, 1.165) is 42.4 Å². The molecule has 1 aliphatic carbocycles. The van der Waals surface area contributed by atoms with Crippen LogP contribution in [-0.4, -0.2) is 33.8 Å². The fraction of sp³-hybridized carbons (Fsp3) is 0.750. The minimum atomic E-state index is -0.345. The fourth-order valence-electron chi connectivity index (χ4n) is 2.12. The number of nitrogens with one attached hydrogen (secondary N) is 2. The Labute approximate surface area is 127 Å². The van der Waals surface area contributed by atoms with Crippen molar-refractivity contribution >= 4 is 11.6 Å². The summed E-state index contributed by atoms with van der Waals surface area (Å²) in [5.41, 5.74) is 0.683. The normalized spacial score (nSPS) is 17.4. The number of hydrogen-bond donors (Lipinski definition) is 3. The molecule has 0 aromatic carbocycles. The van der Waals surface area contributed by atoms with Crippen molar-refractivity contribution in [1.29, 1.82) is 0 Å². The smallest absolute Gasteiger partial charge is 0.136 e. The largest absolute Gasteiger partial charge is 0.394 e. The molecular formula is C16H28N4O. The van der Waals surface area contributed by atoms with Crippen LogP contribution < -0.4 is 10.6 Å². The van der Waals surface area contributed by atoms with E-state index >= 15 is 0 Å². The Morgan fingerprint density at radius 1 is 1.24 bits per heavy atom.